The molecule has 1 aliphatic rings. The number of anilines is 2. The fraction of sp³-hybridized carbons (Fsp3) is 0.250. The largest absolute Gasteiger partial charge is 0.497 e. The standard InChI is InChI=1S/C20H20N4O2/c1-21-19-17-11-22-18(24-20(25)13-3-4-13)9-15(17)16(10-23-19)12-5-7-14(26-2)8-6-12/h5-11,13H,3-4H2,1-2H3,(H,21,23)(H,22,24,25). The number of pyridine rings is 2. The fourth-order valence-corrected chi connectivity index (χ4v) is 2.98. The number of carbonyl (C=O) groups is 1. The van der Waals surface area contributed by atoms with Crippen molar-refractivity contribution in [1.82, 2.24) is 9.97 Å². The smallest absolute Gasteiger partial charge is 0.228 e. The molecule has 0 spiro atoms. The number of rotatable bonds is 5. The van der Waals surface area contributed by atoms with Gasteiger partial charge in [-0.3, -0.25) is 4.79 Å². The molecule has 1 aromatic carbocycles. The van der Waals surface area contributed by atoms with Gasteiger partial charge in [0, 0.05) is 36.3 Å². The van der Waals surface area contributed by atoms with E-state index < -0.39 is 0 Å². The van der Waals surface area contributed by atoms with Crippen molar-refractivity contribution in [1.29, 1.82) is 0 Å². The number of aromatic nitrogens is 2. The second kappa shape index (κ2) is 6.63. The van der Waals surface area contributed by atoms with Gasteiger partial charge in [-0.15, -0.1) is 0 Å². The first-order valence-corrected chi connectivity index (χ1v) is 8.61. The maximum atomic E-state index is 12.1. The fourth-order valence-electron chi connectivity index (χ4n) is 2.98. The lowest BCUT2D eigenvalue weighted by Gasteiger charge is -2.12. The van der Waals surface area contributed by atoms with Gasteiger partial charge in [-0.05, 0) is 42.0 Å². The number of nitrogens with zero attached hydrogens (tertiary/aromatic N) is 2. The molecule has 26 heavy (non-hydrogen) atoms. The molecule has 2 aromatic heterocycles. The highest BCUT2D eigenvalue weighted by molar-refractivity contribution is 6.03. The lowest BCUT2D eigenvalue weighted by Crippen LogP contribution is -2.14. The summed E-state index contributed by atoms with van der Waals surface area (Å²) in [4.78, 5) is 21.0. The highest BCUT2D eigenvalue weighted by atomic mass is 16.5. The molecular formula is C20H20N4O2. The molecule has 6 nitrogen and oxygen atoms in total. The van der Waals surface area contributed by atoms with Crippen LogP contribution in [-0.2, 0) is 4.79 Å². The van der Waals surface area contributed by atoms with Gasteiger partial charge in [0.15, 0.2) is 0 Å². The van der Waals surface area contributed by atoms with E-state index in [0.717, 1.165) is 46.3 Å². The van der Waals surface area contributed by atoms with E-state index in [9.17, 15) is 4.79 Å². The molecule has 2 N–H and O–H groups in total. The second-order valence-electron chi connectivity index (χ2n) is 6.38. The summed E-state index contributed by atoms with van der Waals surface area (Å²) in [6.45, 7) is 0. The third-order valence-corrected chi connectivity index (χ3v) is 4.61. The molecule has 0 unspecified atom stereocenters. The zero-order chi connectivity index (χ0) is 18.1. The number of amides is 1. The van der Waals surface area contributed by atoms with Crippen LogP contribution in [0.4, 0.5) is 11.6 Å². The summed E-state index contributed by atoms with van der Waals surface area (Å²) in [7, 11) is 3.48. The van der Waals surface area contributed by atoms with Crippen LogP contribution >= 0.6 is 0 Å². The molecule has 4 rings (SSSR count). The van der Waals surface area contributed by atoms with Gasteiger partial charge in [0.25, 0.3) is 0 Å². The normalized spacial score (nSPS) is 13.5. The zero-order valence-electron chi connectivity index (χ0n) is 14.7. The first-order chi connectivity index (χ1) is 12.7. The Morgan fingerprint density at radius 2 is 1.88 bits per heavy atom. The average molecular weight is 348 g/mol. The molecule has 2 heterocycles. The van der Waals surface area contributed by atoms with Crippen molar-refractivity contribution in [3.8, 4) is 16.9 Å². The Balaban J connectivity index is 1.80. The van der Waals surface area contributed by atoms with E-state index >= 15 is 0 Å². The zero-order valence-corrected chi connectivity index (χ0v) is 14.7. The quantitative estimate of drug-likeness (QED) is 0.735. The highest BCUT2D eigenvalue weighted by Gasteiger charge is 2.29. The van der Waals surface area contributed by atoms with E-state index in [-0.39, 0.29) is 11.8 Å². The predicted octanol–water partition coefficient (Wildman–Crippen LogP) is 3.70. The van der Waals surface area contributed by atoms with E-state index in [1.807, 2.05) is 43.6 Å². The van der Waals surface area contributed by atoms with Gasteiger partial charge in [0.05, 0.1) is 7.11 Å². The topological polar surface area (TPSA) is 76.1 Å². The summed E-state index contributed by atoms with van der Waals surface area (Å²) in [5, 5.41) is 7.91. The summed E-state index contributed by atoms with van der Waals surface area (Å²) < 4.78 is 5.24. The number of fused-ring (bicyclic) bond motifs is 1. The monoisotopic (exact) mass is 348 g/mol. The van der Waals surface area contributed by atoms with E-state index in [4.69, 9.17) is 4.74 Å². The van der Waals surface area contributed by atoms with Crippen molar-refractivity contribution in [2.75, 3.05) is 24.8 Å². The minimum atomic E-state index is 0.0470. The predicted molar refractivity (Wildman–Crippen MR) is 102 cm³/mol. The minimum Gasteiger partial charge on any atom is -0.497 e. The molecule has 0 aliphatic heterocycles. The Morgan fingerprint density at radius 1 is 1.12 bits per heavy atom. The van der Waals surface area contributed by atoms with Crippen LogP contribution in [0, 0.1) is 5.92 Å². The van der Waals surface area contributed by atoms with Crippen molar-refractivity contribution >= 4 is 28.3 Å². The number of ether oxygens (including phenoxy) is 1. The first-order valence-electron chi connectivity index (χ1n) is 8.61. The Bertz CT molecular complexity index is 965. The van der Waals surface area contributed by atoms with Crippen molar-refractivity contribution in [3.63, 3.8) is 0 Å². The van der Waals surface area contributed by atoms with Crippen molar-refractivity contribution in [2.45, 2.75) is 12.8 Å². The number of hydrogen-bond donors (Lipinski definition) is 2. The van der Waals surface area contributed by atoms with Gasteiger partial charge in [0.2, 0.25) is 5.91 Å². The lowest BCUT2D eigenvalue weighted by atomic mass is 10.0. The van der Waals surface area contributed by atoms with Gasteiger partial charge >= 0.3 is 0 Å². The number of methoxy groups -OCH3 is 1. The number of benzene rings is 1. The molecule has 6 heteroatoms. The molecule has 3 aromatic rings. The van der Waals surface area contributed by atoms with E-state index in [1.165, 1.54) is 0 Å². The molecule has 0 atom stereocenters. The Labute approximate surface area is 151 Å². The van der Waals surface area contributed by atoms with Gasteiger partial charge in [-0.1, -0.05) is 12.1 Å². The molecule has 0 saturated heterocycles. The average Bonchev–Trinajstić information content (AvgIpc) is 3.52. The second-order valence-corrected chi connectivity index (χ2v) is 6.38. The summed E-state index contributed by atoms with van der Waals surface area (Å²) in [6, 6.07) is 9.75. The van der Waals surface area contributed by atoms with Crippen molar-refractivity contribution < 1.29 is 9.53 Å². The highest BCUT2D eigenvalue weighted by Crippen LogP contribution is 2.34. The van der Waals surface area contributed by atoms with Gasteiger partial charge in [-0.2, -0.15) is 0 Å². The maximum absolute atomic E-state index is 12.1. The number of carbonyl (C=O) groups excluding carboxylic acids is 1. The first kappa shape index (κ1) is 16.3. The molecule has 1 fully saturated rings. The van der Waals surface area contributed by atoms with E-state index in [1.54, 1.807) is 13.3 Å². The third-order valence-electron chi connectivity index (χ3n) is 4.61. The molecule has 0 radical (unpaired) electrons. The summed E-state index contributed by atoms with van der Waals surface area (Å²) in [5.74, 6) is 2.31. The summed E-state index contributed by atoms with van der Waals surface area (Å²) >= 11 is 0. The van der Waals surface area contributed by atoms with Crippen LogP contribution in [-0.4, -0.2) is 30.0 Å². The van der Waals surface area contributed by atoms with E-state index in [2.05, 4.69) is 20.6 Å². The van der Waals surface area contributed by atoms with Crippen LogP contribution in [0.3, 0.4) is 0 Å². The molecule has 1 saturated carbocycles. The molecule has 1 amide bonds. The Morgan fingerprint density at radius 3 is 2.54 bits per heavy atom. The van der Waals surface area contributed by atoms with E-state index in [0.29, 0.717) is 5.82 Å². The minimum absolute atomic E-state index is 0.0470. The number of hydrogen-bond acceptors (Lipinski definition) is 5. The van der Waals surface area contributed by atoms with Crippen molar-refractivity contribution in [2.24, 2.45) is 5.92 Å². The molecule has 0 bridgehead atoms. The van der Waals surface area contributed by atoms with Gasteiger partial charge in [-0.25, -0.2) is 9.97 Å². The SMILES string of the molecule is CNc1ncc(-c2ccc(OC)cc2)c2cc(NC(=O)C3CC3)ncc12. The van der Waals surface area contributed by atoms with Gasteiger partial charge < -0.3 is 15.4 Å². The van der Waals surface area contributed by atoms with Crippen molar-refractivity contribution in [3.05, 3.63) is 42.7 Å². The lowest BCUT2D eigenvalue weighted by molar-refractivity contribution is -0.117. The molecule has 1 aliphatic carbocycles. The van der Waals surface area contributed by atoms with Crippen LogP contribution in [0.2, 0.25) is 0 Å². The van der Waals surface area contributed by atoms with Gasteiger partial charge in [0.1, 0.15) is 17.4 Å². The third kappa shape index (κ3) is 3.06. The molecule has 132 valence electrons. The Kier molecular flexibility index (Phi) is 4.16. The van der Waals surface area contributed by atoms with Crippen LogP contribution in [0.25, 0.3) is 21.9 Å². The maximum Gasteiger partial charge on any atom is 0.228 e. The summed E-state index contributed by atoms with van der Waals surface area (Å²) in [6.07, 6.45) is 5.51. The molecular weight excluding hydrogens is 328 g/mol. The summed E-state index contributed by atoms with van der Waals surface area (Å²) in [5.41, 5.74) is 2.00. The van der Waals surface area contributed by atoms with Crippen LogP contribution in [0.1, 0.15) is 12.8 Å². The Hall–Kier alpha value is -3.15. The van der Waals surface area contributed by atoms with Crippen LogP contribution < -0.4 is 15.4 Å². The van der Waals surface area contributed by atoms with Crippen LogP contribution in [0.5, 0.6) is 5.75 Å². The van der Waals surface area contributed by atoms with Crippen LogP contribution in [0.15, 0.2) is 42.7 Å². The number of nitrogens with one attached hydrogen (secondary N) is 2.